The van der Waals surface area contributed by atoms with Crippen LogP contribution in [0.15, 0.2) is 60.7 Å². The highest BCUT2D eigenvalue weighted by Gasteiger charge is 2.33. The maximum atomic E-state index is 13.5. The molecule has 3 aliphatic rings. The van der Waals surface area contributed by atoms with Crippen LogP contribution in [-0.2, 0) is 4.79 Å². The van der Waals surface area contributed by atoms with E-state index in [1.807, 2.05) is 36.4 Å². The van der Waals surface area contributed by atoms with E-state index >= 15 is 0 Å². The van der Waals surface area contributed by atoms with Gasteiger partial charge in [-0.1, -0.05) is 24.3 Å². The van der Waals surface area contributed by atoms with Crippen LogP contribution in [0, 0.1) is 11.7 Å². The Morgan fingerprint density at radius 2 is 1.76 bits per heavy atom. The number of halogens is 1. The molecule has 2 saturated heterocycles. The lowest BCUT2D eigenvalue weighted by molar-refractivity contribution is -0.126. The van der Waals surface area contributed by atoms with Crippen molar-refractivity contribution in [2.24, 2.45) is 5.92 Å². The zero-order chi connectivity index (χ0) is 25.4. The van der Waals surface area contributed by atoms with Gasteiger partial charge in [-0.2, -0.15) is 0 Å². The molecule has 3 atom stereocenters. The Balaban J connectivity index is 1.11. The molecule has 1 aliphatic carbocycles. The smallest absolute Gasteiger partial charge is 0.225 e. The number of rotatable bonds is 9. The number of nitrogens with one attached hydrogen (secondary N) is 1. The van der Waals surface area contributed by atoms with Gasteiger partial charge in [0, 0.05) is 25.3 Å². The van der Waals surface area contributed by atoms with Crippen molar-refractivity contribution >= 4 is 22.4 Å². The van der Waals surface area contributed by atoms with Crippen LogP contribution < -0.4 is 15.0 Å². The molecule has 0 aromatic heterocycles. The normalized spacial score (nSPS) is 21.5. The molecule has 194 valence electrons. The summed E-state index contributed by atoms with van der Waals surface area (Å²) in [5, 5.41) is 16.3. The summed E-state index contributed by atoms with van der Waals surface area (Å²) in [6, 6.07) is 18.0. The second kappa shape index (κ2) is 10.3. The molecule has 37 heavy (non-hydrogen) atoms. The van der Waals surface area contributed by atoms with E-state index in [0.29, 0.717) is 19.2 Å². The number of hydrogen-bond acceptors (Lipinski definition) is 5. The maximum absolute atomic E-state index is 13.5. The lowest BCUT2D eigenvalue weighted by Gasteiger charge is -2.36. The van der Waals surface area contributed by atoms with Crippen LogP contribution >= 0.6 is 0 Å². The highest BCUT2D eigenvalue weighted by molar-refractivity contribution is 5.86. The van der Waals surface area contributed by atoms with Crippen molar-refractivity contribution in [3.8, 4) is 5.75 Å². The summed E-state index contributed by atoms with van der Waals surface area (Å²) >= 11 is 0. The molecule has 7 heteroatoms. The summed E-state index contributed by atoms with van der Waals surface area (Å²) in [6.07, 6.45) is 3.66. The van der Waals surface area contributed by atoms with E-state index in [1.54, 1.807) is 6.07 Å². The molecule has 3 fully saturated rings. The molecule has 2 heterocycles. The van der Waals surface area contributed by atoms with Gasteiger partial charge in [-0.3, -0.25) is 4.79 Å². The van der Waals surface area contributed by atoms with Crippen LogP contribution in [0.1, 0.15) is 37.4 Å². The van der Waals surface area contributed by atoms with Crippen molar-refractivity contribution in [2.45, 2.75) is 43.9 Å². The third kappa shape index (κ3) is 5.58. The predicted molar refractivity (Wildman–Crippen MR) is 142 cm³/mol. The van der Waals surface area contributed by atoms with Gasteiger partial charge in [-0.25, -0.2) is 4.39 Å². The zero-order valence-corrected chi connectivity index (χ0v) is 21.0. The molecule has 0 radical (unpaired) electrons. The van der Waals surface area contributed by atoms with Crippen molar-refractivity contribution in [1.82, 2.24) is 10.2 Å². The van der Waals surface area contributed by atoms with Gasteiger partial charge in [-0.15, -0.1) is 0 Å². The molecule has 3 aromatic rings. The Kier molecular flexibility index (Phi) is 6.74. The lowest BCUT2D eigenvalue weighted by Crippen LogP contribution is -2.52. The summed E-state index contributed by atoms with van der Waals surface area (Å²) in [5.41, 5.74) is 1.83. The Morgan fingerprint density at radius 3 is 2.49 bits per heavy atom. The van der Waals surface area contributed by atoms with Gasteiger partial charge >= 0.3 is 0 Å². The number of ether oxygens (including phenoxy) is 1. The van der Waals surface area contributed by atoms with Crippen LogP contribution in [0.5, 0.6) is 5.75 Å². The standard InChI is InChI=1S/C30H34FN3O3/c31-24-6-2-22-17-25(7-3-21(22)16-24)34-15-12-23(18-34)30(36)32-28(19-33-13-1-14-33)29(35)20-4-8-26(9-5-20)37-27-10-11-27/h2-9,16-17,23,27-29,35H,1,10-15,18-19H2,(H,32,36). The van der Waals surface area contributed by atoms with E-state index in [4.69, 9.17) is 4.74 Å². The van der Waals surface area contributed by atoms with E-state index in [0.717, 1.165) is 73.1 Å². The van der Waals surface area contributed by atoms with E-state index in [9.17, 15) is 14.3 Å². The number of hydrogen-bond donors (Lipinski definition) is 2. The molecule has 1 saturated carbocycles. The number of nitrogens with zero attached hydrogens (tertiary/aromatic N) is 2. The summed E-state index contributed by atoms with van der Waals surface area (Å²) < 4.78 is 19.4. The van der Waals surface area contributed by atoms with Gasteiger partial charge in [0.1, 0.15) is 17.7 Å². The lowest BCUT2D eigenvalue weighted by atomic mass is 9.99. The first kappa shape index (κ1) is 24.2. The third-order valence-corrected chi connectivity index (χ3v) is 7.87. The highest BCUT2D eigenvalue weighted by Crippen LogP contribution is 2.30. The number of anilines is 1. The quantitative estimate of drug-likeness (QED) is 0.457. The van der Waals surface area contributed by atoms with Gasteiger partial charge in [0.15, 0.2) is 0 Å². The monoisotopic (exact) mass is 503 g/mol. The number of aliphatic hydroxyl groups excluding tert-OH is 1. The van der Waals surface area contributed by atoms with Gasteiger partial charge in [-0.05, 0) is 91.5 Å². The van der Waals surface area contributed by atoms with Gasteiger partial charge in [0.25, 0.3) is 0 Å². The summed E-state index contributed by atoms with van der Waals surface area (Å²) in [4.78, 5) is 17.8. The first-order chi connectivity index (χ1) is 18.0. The number of likely N-dealkylation sites (tertiary alicyclic amines) is 1. The van der Waals surface area contributed by atoms with Crippen LogP contribution in [0.3, 0.4) is 0 Å². The number of benzene rings is 3. The zero-order valence-electron chi connectivity index (χ0n) is 21.0. The minimum atomic E-state index is -0.794. The minimum Gasteiger partial charge on any atom is -0.490 e. The van der Waals surface area contributed by atoms with Crippen molar-refractivity contribution in [2.75, 3.05) is 37.6 Å². The largest absolute Gasteiger partial charge is 0.490 e. The average Bonchev–Trinajstić information content (AvgIpc) is 3.55. The molecular formula is C30H34FN3O3. The maximum Gasteiger partial charge on any atom is 0.225 e. The van der Waals surface area contributed by atoms with Crippen molar-refractivity contribution in [1.29, 1.82) is 0 Å². The Labute approximate surface area is 217 Å². The van der Waals surface area contributed by atoms with E-state index in [2.05, 4.69) is 21.2 Å². The Hall–Kier alpha value is -3.16. The van der Waals surface area contributed by atoms with Crippen LogP contribution in [0.4, 0.5) is 10.1 Å². The number of amides is 1. The van der Waals surface area contributed by atoms with E-state index in [1.165, 1.54) is 12.1 Å². The van der Waals surface area contributed by atoms with Crippen LogP contribution in [0.25, 0.3) is 10.8 Å². The van der Waals surface area contributed by atoms with Crippen molar-refractivity contribution < 1.29 is 19.0 Å². The number of aliphatic hydroxyl groups is 1. The molecule has 3 aromatic carbocycles. The molecule has 0 bridgehead atoms. The first-order valence-electron chi connectivity index (χ1n) is 13.4. The van der Waals surface area contributed by atoms with Gasteiger partial charge in [0.05, 0.1) is 18.1 Å². The van der Waals surface area contributed by atoms with E-state index < -0.39 is 6.10 Å². The van der Waals surface area contributed by atoms with Gasteiger partial charge in [0.2, 0.25) is 5.91 Å². The number of carbonyl (C=O) groups excluding carboxylic acids is 1. The fourth-order valence-corrected chi connectivity index (χ4v) is 5.33. The van der Waals surface area contributed by atoms with E-state index in [-0.39, 0.29) is 23.7 Å². The summed E-state index contributed by atoms with van der Waals surface area (Å²) in [6.45, 7) is 4.03. The SMILES string of the molecule is O=C(NC(CN1CCC1)C(O)c1ccc(OC2CC2)cc1)C1CCN(c2ccc3cc(F)ccc3c2)C1. The Bertz CT molecular complexity index is 1260. The topological polar surface area (TPSA) is 65.0 Å². The van der Waals surface area contributed by atoms with Crippen LogP contribution in [-0.4, -0.2) is 60.8 Å². The molecular weight excluding hydrogens is 469 g/mol. The Morgan fingerprint density at radius 1 is 1.00 bits per heavy atom. The molecule has 0 spiro atoms. The minimum absolute atomic E-state index is 0.0105. The fraction of sp³-hybridized carbons (Fsp3) is 0.433. The first-order valence-corrected chi connectivity index (χ1v) is 13.4. The molecule has 1 amide bonds. The predicted octanol–water partition coefficient (Wildman–Crippen LogP) is 4.27. The second-order valence-electron chi connectivity index (χ2n) is 10.7. The second-order valence-corrected chi connectivity index (χ2v) is 10.7. The van der Waals surface area contributed by atoms with Crippen molar-refractivity contribution in [3.63, 3.8) is 0 Å². The molecule has 6 rings (SSSR count). The number of fused-ring (bicyclic) bond motifs is 1. The molecule has 2 N–H and O–H groups in total. The van der Waals surface area contributed by atoms with Crippen LogP contribution in [0.2, 0.25) is 0 Å². The molecule has 6 nitrogen and oxygen atoms in total. The summed E-state index contributed by atoms with van der Waals surface area (Å²) in [5.74, 6) is 0.426. The summed E-state index contributed by atoms with van der Waals surface area (Å²) in [7, 11) is 0. The van der Waals surface area contributed by atoms with Gasteiger partial charge < -0.3 is 25.0 Å². The average molecular weight is 504 g/mol. The van der Waals surface area contributed by atoms with Crippen molar-refractivity contribution in [3.05, 3.63) is 72.0 Å². The molecule has 2 aliphatic heterocycles. The number of carbonyl (C=O) groups is 1. The highest BCUT2D eigenvalue weighted by atomic mass is 19.1. The molecule has 3 unspecified atom stereocenters. The fourth-order valence-electron chi connectivity index (χ4n) is 5.33. The third-order valence-electron chi connectivity index (χ3n) is 7.87.